The van der Waals surface area contributed by atoms with Crippen molar-refractivity contribution in [3.63, 3.8) is 0 Å². The SMILES string of the molecule is COc1cccc(C2C(C(=O)OC(C)C)=C(C)N=c3s/c(=C\c4c[nH]c5ccccc45)c(=O)n32)c1. The molecule has 1 aliphatic heterocycles. The Morgan fingerprint density at radius 2 is 2.00 bits per heavy atom. The Hall–Kier alpha value is -3.91. The molecule has 35 heavy (non-hydrogen) atoms. The molecule has 1 unspecified atom stereocenters. The van der Waals surface area contributed by atoms with Gasteiger partial charge in [-0.25, -0.2) is 9.79 Å². The number of methoxy groups -OCH3 is 1. The fourth-order valence-corrected chi connectivity index (χ4v) is 5.38. The number of nitrogens with one attached hydrogen (secondary N) is 1. The highest BCUT2D eigenvalue weighted by molar-refractivity contribution is 7.07. The van der Waals surface area contributed by atoms with Crippen LogP contribution >= 0.6 is 11.3 Å². The van der Waals surface area contributed by atoms with Crippen molar-refractivity contribution in [3.8, 4) is 5.75 Å². The van der Waals surface area contributed by atoms with Gasteiger partial charge >= 0.3 is 5.97 Å². The summed E-state index contributed by atoms with van der Waals surface area (Å²) in [5, 5.41) is 1.03. The highest BCUT2D eigenvalue weighted by atomic mass is 32.1. The van der Waals surface area contributed by atoms with Crippen LogP contribution in [0.3, 0.4) is 0 Å². The van der Waals surface area contributed by atoms with E-state index in [-0.39, 0.29) is 11.7 Å². The first-order valence-electron chi connectivity index (χ1n) is 11.3. The van der Waals surface area contributed by atoms with Crippen molar-refractivity contribution in [3.05, 3.63) is 96.8 Å². The molecule has 178 valence electrons. The predicted molar refractivity (Wildman–Crippen MR) is 136 cm³/mol. The van der Waals surface area contributed by atoms with Gasteiger partial charge in [0.2, 0.25) is 0 Å². The van der Waals surface area contributed by atoms with Crippen molar-refractivity contribution in [1.29, 1.82) is 0 Å². The van der Waals surface area contributed by atoms with Crippen LogP contribution in [0.1, 0.15) is 37.9 Å². The molecule has 0 saturated heterocycles. The standard InChI is InChI=1S/C27H25N3O4S/c1-15(2)34-26(32)23-16(3)29-27-30(24(23)17-8-7-9-19(12-17)33-4)25(31)22(35-27)13-18-14-28-21-11-6-5-10-20(18)21/h5-15,24,28H,1-4H3/b22-13-. The van der Waals surface area contributed by atoms with Gasteiger partial charge < -0.3 is 14.5 Å². The van der Waals surface area contributed by atoms with Gasteiger partial charge in [0.15, 0.2) is 4.80 Å². The number of ether oxygens (including phenoxy) is 2. The van der Waals surface area contributed by atoms with Crippen LogP contribution in [0, 0.1) is 0 Å². The summed E-state index contributed by atoms with van der Waals surface area (Å²) in [6, 6.07) is 14.6. The quantitative estimate of drug-likeness (QED) is 0.435. The second-order valence-corrected chi connectivity index (χ2v) is 9.61. The average molecular weight is 488 g/mol. The number of carbonyl (C=O) groups excluding carboxylic acids is 1. The van der Waals surface area contributed by atoms with Crippen LogP contribution < -0.4 is 19.6 Å². The van der Waals surface area contributed by atoms with E-state index in [0.29, 0.717) is 26.4 Å². The topological polar surface area (TPSA) is 85.7 Å². The molecule has 0 amide bonds. The van der Waals surface area contributed by atoms with Gasteiger partial charge in [0.05, 0.1) is 35.1 Å². The molecule has 4 aromatic rings. The van der Waals surface area contributed by atoms with Gasteiger partial charge in [-0.1, -0.05) is 41.7 Å². The van der Waals surface area contributed by atoms with E-state index in [4.69, 9.17) is 9.47 Å². The molecule has 1 aliphatic rings. The molecule has 1 atom stereocenters. The maximum atomic E-state index is 13.8. The van der Waals surface area contributed by atoms with Crippen LogP contribution in [0.25, 0.3) is 17.0 Å². The van der Waals surface area contributed by atoms with Crippen LogP contribution in [-0.4, -0.2) is 28.7 Å². The number of esters is 1. The number of hydrogen-bond donors (Lipinski definition) is 1. The Bertz CT molecular complexity index is 1660. The summed E-state index contributed by atoms with van der Waals surface area (Å²) in [5.74, 6) is 0.148. The minimum atomic E-state index is -0.683. The van der Waals surface area contributed by atoms with Crippen LogP contribution in [0.15, 0.2) is 75.8 Å². The van der Waals surface area contributed by atoms with Crippen LogP contribution in [-0.2, 0) is 9.53 Å². The number of H-pyrrole nitrogens is 1. The van der Waals surface area contributed by atoms with Crippen molar-refractivity contribution in [2.24, 2.45) is 4.99 Å². The van der Waals surface area contributed by atoms with E-state index in [0.717, 1.165) is 22.0 Å². The molecular weight excluding hydrogens is 462 g/mol. The van der Waals surface area contributed by atoms with E-state index in [2.05, 4.69) is 9.98 Å². The first-order chi connectivity index (χ1) is 16.9. The van der Waals surface area contributed by atoms with Crippen LogP contribution in [0.2, 0.25) is 0 Å². The third-order valence-corrected chi connectivity index (χ3v) is 6.88. The molecule has 5 rings (SSSR count). The Morgan fingerprint density at radius 3 is 2.77 bits per heavy atom. The Labute approximate surface area is 205 Å². The number of thiazole rings is 1. The molecular formula is C27H25N3O4S. The van der Waals surface area contributed by atoms with Crippen LogP contribution in [0.4, 0.5) is 0 Å². The molecule has 0 bridgehead atoms. The summed E-state index contributed by atoms with van der Waals surface area (Å²) in [4.78, 5) is 35.4. The lowest BCUT2D eigenvalue weighted by atomic mass is 9.95. The normalized spacial score (nSPS) is 15.9. The summed E-state index contributed by atoms with van der Waals surface area (Å²) in [7, 11) is 1.58. The Balaban J connectivity index is 1.74. The van der Waals surface area contributed by atoms with Gasteiger partial charge in [0.1, 0.15) is 5.75 Å². The van der Waals surface area contributed by atoms with E-state index in [1.165, 1.54) is 11.3 Å². The molecule has 3 heterocycles. The zero-order valence-electron chi connectivity index (χ0n) is 19.9. The Kier molecular flexibility index (Phi) is 5.90. The summed E-state index contributed by atoms with van der Waals surface area (Å²) in [6.45, 7) is 5.37. The van der Waals surface area contributed by atoms with Crippen molar-refractivity contribution < 1.29 is 14.3 Å². The fraction of sp³-hybridized carbons (Fsp3) is 0.222. The van der Waals surface area contributed by atoms with Gasteiger partial charge in [-0.15, -0.1) is 0 Å². The summed E-state index contributed by atoms with van der Waals surface area (Å²) in [6.07, 6.45) is 3.45. The summed E-state index contributed by atoms with van der Waals surface area (Å²) in [5.41, 5.74) is 3.32. The molecule has 0 fully saturated rings. The van der Waals surface area contributed by atoms with Crippen LogP contribution in [0.5, 0.6) is 5.75 Å². The molecule has 8 heteroatoms. The maximum Gasteiger partial charge on any atom is 0.338 e. The number of para-hydroxylation sites is 1. The van der Waals surface area contributed by atoms with Crippen molar-refractivity contribution in [2.45, 2.75) is 32.9 Å². The zero-order chi connectivity index (χ0) is 24.7. The van der Waals surface area contributed by atoms with Crippen molar-refractivity contribution >= 4 is 34.3 Å². The monoisotopic (exact) mass is 487 g/mol. The number of carbonyl (C=O) groups is 1. The number of allylic oxidation sites excluding steroid dienone is 1. The second-order valence-electron chi connectivity index (χ2n) is 8.60. The molecule has 1 N–H and O–H groups in total. The highest BCUT2D eigenvalue weighted by Crippen LogP contribution is 2.32. The predicted octanol–water partition coefficient (Wildman–Crippen LogP) is 3.68. The number of fused-ring (bicyclic) bond motifs is 2. The third kappa shape index (κ3) is 4.10. The fourth-order valence-electron chi connectivity index (χ4n) is 4.34. The minimum absolute atomic E-state index is 0.214. The van der Waals surface area contributed by atoms with Crippen molar-refractivity contribution in [1.82, 2.24) is 9.55 Å². The number of nitrogens with zero attached hydrogens (tertiary/aromatic N) is 2. The lowest BCUT2D eigenvalue weighted by molar-refractivity contribution is -0.143. The third-order valence-electron chi connectivity index (χ3n) is 5.90. The van der Waals surface area contributed by atoms with E-state index in [1.807, 2.05) is 60.8 Å². The van der Waals surface area contributed by atoms with Gasteiger partial charge in [0, 0.05) is 22.7 Å². The maximum absolute atomic E-state index is 13.8. The minimum Gasteiger partial charge on any atom is -0.497 e. The lowest BCUT2D eigenvalue weighted by Gasteiger charge is -2.25. The number of hydrogen-bond acceptors (Lipinski definition) is 6. The lowest BCUT2D eigenvalue weighted by Crippen LogP contribution is -2.40. The van der Waals surface area contributed by atoms with Gasteiger partial charge in [-0.05, 0) is 50.6 Å². The second kappa shape index (κ2) is 9.03. The largest absolute Gasteiger partial charge is 0.497 e. The van der Waals surface area contributed by atoms with E-state index in [9.17, 15) is 9.59 Å². The Morgan fingerprint density at radius 1 is 1.20 bits per heavy atom. The van der Waals surface area contributed by atoms with Gasteiger partial charge in [0.25, 0.3) is 5.56 Å². The zero-order valence-corrected chi connectivity index (χ0v) is 20.7. The molecule has 0 radical (unpaired) electrons. The van der Waals surface area contributed by atoms with Crippen molar-refractivity contribution in [2.75, 3.05) is 7.11 Å². The molecule has 2 aromatic heterocycles. The first-order valence-corrected chi connectivity index (χ1v) is 12.1. The number of aromatic amines is 1. The number of aromatic nitrogens is 2. The number of benzene rings is 2. The first kappa shape index (κ1) is 22.9. The molecule has 2 aromatic carbocycles. The smallest absolute Gasteiger partial charge is 0.338 e. The average Bonchev–Trinajstić information content (AvgIpc) is 3.38. The molecule has 0 aliphatic carbocycles. The molecule has 0 saturated carbocycles. The highest BCUT2D eigenvalue weighted by Gasteiger charge is 2.34. The molecule has 0 spiro atoms. The summed E-state index contributed by atoms with van der Waals surface area (Å²) < 4.78 is 13.1. The van der Waals surface area contributed by atoms with E-state index < -0.39 is 12.0 Å². The number of rotatable bonds is 5. The van der Waals surface area contributed by atoms with Gasteiger partial charge in [-0.3, -0.25) is 9.36 Å². The molecule has 7 nitrogen and oxygen atoms in total. The van der Waals surface area contributed by atoms with E-state index >= 15 is 0 Å². The van der Waals surface area contributed by atoms with Gasteiger partial charge in [-0.2, -0.15) is 0 Å². The van der Waals surface area contributed by atoms with E-state index in [1.54, 1.807) is 32.4 Å². The summed E-state index contributed by atoms with van der Waals surface area (Å²) >= 11 is 1.31.